The van der Waals surface area contributed by atoms with Gasteiger partial charge in [-0.2, -0.15) is 18.2 Å². The molecule has 1 aromatic carbocycles. The SMILES string of the molecule is FC(F)(F)c1ccccc1Oc1cncc(Cl)n1. The number of halogens is 4. The van der Waals surface area contributed by atoms with Gasteiger partial charge in [-0.25, -0.2) is 0 Å². The lowest BCUT2D eigenvalue weighted by Crippen LogP contribution is -2.07. The van der Waals surface area contributed by atoms with Gasteiger partial charge in [-0.05, 0) is 12.1 Å². The number of nitrogens with zero attached hydrogens (tertiary/aromatic N) is 2. The number of alkyl halides is 3. The number of benzene rings is 1. The molecule has 2 aromatic rings. The molecule has 7 heteroatoms. The van der Waals surface area contributed by atoms with Crippen LogP contribution in [0.1, 0.15) is 5.56 Å². The molecule has 0 radical (unpaired) electrons. The lowest BCUT2D eigenvalue weighted by Gasteiger charge is -2.12. The van der Waals surface area contributed by atoms with Crippen LogP contribution in [0.25, 0.3) is 0 Å². The molecule has 0 aliphatic heterocycles. The van der Waals surface area contributed by atoms with Crippen LogP contribution in [0.15, 0.2) is 36.7 Å². The van der Waals surface area contributed by atoms with Gasteiger partial charge in [0, 0.05) is 0 Å². The molecular weight excluding hydrogens is 269 g/mol. The maximum Gasteiger partial charge on any atom is 0.419 e. The third-order valence-corrected chi connectivity index (χ3v) is 2.17. The van der Waals surface area contributed by atoms with E-state index in [1.165, 1.54) is 30.6 Å². The first-order valence-electron chi connectivity index (χ1n) is 4.78. The maximum absolute atomic E-state index is 12.7. The topological polar surface area (TPSA) is 35.0 Å². The van der Waals surface area contributed by atoms with Crippen LogP contribution in [-0.2, 0) is 6.18 Å². The van der Waals surface area contributed by atoms with Gasteiger partial charge < -0.3 is 4.74 Å². The molecular formula is C11H6ClF3N2O. The highest BCUT2D eigenvalue weighted by atomic mass is 35.5. The highest BCUT2D eigenvalue weighted by molar-refractivity contribution is 6.29. The molecule has 0 bridgehead atoms. The van der Waals surface area contributed by atoms with Crippen LogP contribution in [0.2, 0.25) is 5.15 Å². The van der Waals surface area contributed by atoms with Crippen molar-refractivity contribution in [1.82, 2.24) is 9.97 Å². The van der Waals surface area contributed by atoms with Crippen LogP contribution >= 0.6 is 11.6 Å². The fourth-order valence-electron chi connectivity index (χ4n) is 1.28. The highest BCUT2D eigenvalue weighted by Gasteiger charge is 2.34. The maximum atomic E-state index is 12.7. The molecule has 0 saturated carbocycles. The summed E-state index contributed by atoms with van der Waals surface area (Å²) in [6.45, 7) is 0. The van der Waals surface area contributed by atoms with E-state index in [9.17, 15) is 13.2 Å². The summed E-state index contributed by atoms with van der Waals surface area (Å²) in [4.78, 5) is 7.38. The van der Waals surface area contributed by atoms with Gasteiger partial charge in [-0.1, -0.05) is 23.7 Å². The third kappa shape index (κ3) is 2.89. The van der Waals surface area contributed by atoms with Crippen LogP contribution in [0.3, 0.4) is 0 Å². The van der Waals surface area contributed by atoms with Crippen LogP contribution in [0, 0.1) is 0 Å². The van der Waals surface area contributed by atoms with Gasteiger partial charge in [0.2, 0.25) is 5.88 Å². The Labute approximate surface area is 105 Å². The zero-order chi connectivity index (χ0) is 13.2. The Morgan fingerprint density at radius 2 is 1.83 bits per heavy atom. The molecule has 0 N–H and O–H groups in total. The molecule has 0 aliphatic rings. The van der Waals surface area contributed by atoms with Crippen LogP contribution in [-0.4, -0.2) is 9.97 Å². The quantitative estimate of drug-likeness (QED) is 0.832. The first-order chi connectivity index (χ1) is 8.47. The minimum absolute atomic E-state index is 0.0389. The Morgan fingerprint density at radius 3 is 2.50 bits per heavy atom. The number of ether oxygens (including phenoxy) is 1. The third-order valence-electron chi connectivity index (χ3n) is 1.99. The lowest BCUT2D eigenvalue weighted by atomic mass is 10.2. The largest absolute Gasteiger partial charge is 0.437 e. The standard InChI is InChI=1S/C11H6ClF3N2O/c12-9-5-16-6-10(17-9)18-8-4-2-1-3-7(8)11(13,14)15/h1-6H. The fourth-order valence-corrected chi connectivity index (χ4v) is 1.42. The van der Waals surface area contributed by atoms with E-state index in [1.54, 1.807) is 0 Å². The lowest BCUT2D eigenvalue weighted by molar-refractivity contribution is -0.138. The monoisotopic (exact) mass is 274 g/mol. The number of aromatic nitrogens is 2. The van der Waals surface area contributed by atoms with Gasteiger partial charge >= 0.3 is 6.18 Å². The van der Waals surface area contributed by atoms with Crippen molar-refractivity contribution in [3.8, 4) is 11.6 Å². The fraction of sp³-hybridized carbons (Fsp3) is 0.0909. The number of para-hydroxylation sites is 1. The van der Waals surface area contributed by atoms with Gasteiger partial charge in [0.15, 0.2) is 5.15 Å². The molecule has 0 saturated heterocycles. The van der Waals surface area contributed by atoms with E-state index >= 15 is 0 Å². The molecule has 0 fully saturated rings. The van der Waals surface area contributed by atoms with Crippen LogP contribution < -0.4 is 4.74 Å². The second-order valence-electron chi connectivity index (χ2n) is 3.28. The van der Waals surface area contributed by atoms with Crippen LogP contribution in [0.4, 0.5) is 13.2 Å². The van der Waals surface area contributed by atoms with Crippen LogP contribution in [0.5, 0.6) is 11.6 Å². The van der Waals surface area contributed by atoms with Crippen molar-refractivity contribution in [2.45, 2.75) is 6.18 Å². The molecule has 1 aromatic heterocycles. The smallest absolute Gasteiger partial charge is 0.419 e. The molecule has 1 heterocycles. The minimum atomic E-state index is -4.50. The summed E-state index contributed by atoms with van der Waals surface area (Å²) >= 11 is 5.56. The van der Waals surface area contributed by atoms with E-state index in [2.05, 4.69) is 9.97 Å². The molecule has 0 spiro atoms. The van der Waals surface area contributed by atoms with Gasteiger partial charge in [0.05, 0.1) is 18.0 Å². The molecule has 0 aliphatic carbocycles. The van der Waals surface area contributed by atoms with Crippen molar-refractivity contribution >= 4 is 11.6 Å². The zero-order valence-corrected chi connectivity index (χ0v) is 9.53. The first-order valence-corrected chi connectivity index (χ1v) is 5.16. The second-order valence-corrected chi connectivity index (χ2v) is 3.66. The normalized spacial score (nSPS) is 11.3. The van der Waals surface area contributed by atoms with E-state index in [0.717, 1.165) is 6.07 Å². The summed E-state index contributed by atoms with van der Waals surface area (Å²) in [5.74, 6) is -0.444. The summed E-state index contributed by atoms with van der Waals surface area (Å²) in [5.41, 5.74) is -0.883. The summed E-state index contributed by atoms with van der Waals surface area (Å²) in [6, 6.07) is 4.83. The number of rotatable bonds is 2. The van der Waals surface area contributed by atoms with Crippen molar-refractivity contribution in [2.24, 2.45) is 0 Å². The zero-order valence-electron chi connectivity index (χ0n) is 8.78. The Balaban J connectivity index is 2.35. The van der Waals surface area contributed by atoms with E-state index < -0.39 is 11.7 Å². The summed E-state index contributed by atoms with van der Waals surface area (Å²) in [5, 5.41) is 0.0389. The first kappa shape index (κ1) is 12.6. The van der Waals surface area contributed by atoms with E-state index in [4.69, 9.17) is 16.3 Å². The van der Waals surface area contributed by atoms with Crippen molar-refractivity contribution in [3.05, 3.63) is 47.4 Å². The Kier molecular flexibility index (Phi) is 3.38. The van der Waals surface area contributed by atoms with Crippen molar-refractivity contribution in [1.29, 1.82) is 0 Å². The molecule has 2 rings (SSSR count). The van der Waals surface area contributed by atoms with Gasteiger partial charge in [0.25, 0.3) is 0 Å². The predicted octanol–water partition coefficient (Wildman–Crippen LogP) is 3.94. The minimum Gasteiger partial charge on any atom is -0.437 e. The Hall–Kier alpha value is -1.82. The van der Waals surface area contributed by atoms with Gasteiger partial charge in [-0.15, -0.1) is 0 Å². The van der Waals surface area contributed by atoms with Gasteiger partial charge in [-0.3, -0.25) is 4.98 Å². The number of hydrogen-bond acceptors (Lipinski definition) is 3. The van der Waals surface area contributed by atoms with E-state index in [0.29, 0.717) is 0 Å². The average Bonchev–Trinajstić information content (AvgIpc) is 2.28. The predicted molar refractivity (Wildman–Crippen MR) is 58.6 cm³/mol. The summed E-state index contributed by atoms with van der Waals surface area (Å²) < 4.78 is 43.1. The second kappa shape index (κ2) is 4.81. The number of hydrogen-bond donors (Lipinski definition) is 0. The molecule has 94 valence electrons. The molecule has 3 nitrogen and oxygen atoms in total. The van der Waals surface area contributed by atoms with Crippen molar-refractivity contribution in [2.75, 3.05) is 0 Å². The van der Waals surface area contributed by atoms with Crippen molar-refractivity contribution in [3.63, 3.8) is 0 Å². The molecule has 18 heavy (non-hydrogen) atoms. The van der Waals surface area contributed by atoms with E-state index in [1.807, 2.05) is 0 Å². The Morgan fingerprint density at radius 1 is 1.11 bits per heavy atom. The molecule has 0 amide bonds. The Bertz CT molecular complexity index is 560. The van der Waals surface area contributed by atoms with Gasteiger partial charge in [0.1, 0.15) is 5.75 Å². The average molecular weight is 275 g/mol. The summed E-state index contributed by atoms with van der Waals surface area (Å²) in [7, 11) is 0. The molecule has 0 atom stereocenters. The highest BCUT2D eigenvalue weighted by Crippen LogP contribution is 2.37. The summed E-state index contributed by atoms with van der Waals surface area (Å²) in [6.07, 6.45) is -2.06. The van der Waals surface area contributed by atoms with Crippen molar-refractivity contribution < 1.29 is 17.9 Å². The van der Waals surface area contributed by atoms with E-state index in [-0.39, 0.29) is 16.8 Å². The molecule has 0 unspecified atom stereocenters.